The highest BCUT2D eigenvalue weighted by Crippen LogP contribution is 2.31. The Morgan fingerprint density at radius 2 is 1.88 bits per heavy atom. The molecule has 0 saturated heterocycles. The van der Waals surface area contributed by atoms with Crippen molar-refractivity contribution < 1.29 is 13.5 Å². The fourth-order valence-electron chi connectivity index (χ4n) is 2.55. The molecule has 0 amide bonds. The summed E-state index contributed by atoms with van der Waals surface area (Å²) in [5.41, 5.74) is 3.27. The summed E-state index contributed by atoms with van der Waals surface area (Å²) in [4.78, 5) is 11.8. The summed E-state index contributed by atoms with van der Waals surface area (Å²) in [5, 5.41) is 5.18. The summed E-state index contributed by atoms with van der Waals surface area (Å²) in [6, 6.07) is 17.9. The Bertz CT molecular complexity index is 863. The number of benzene rings is 2. The minimum absolute atomic E-state index is 0.201. The first-order chi connectivity index (χ1) is 12.7. The molecule has 3 aromatic rings. The van der Waals surface area contributed by atoms with Gasteiger partial charge in [-0.15, -0.1) is 3.96 Å². The number of anilines is 1. The quantitative estimate of drug-likeness (QED) is 0.478. The van der Waals surface area contributed by atoms with Gasteiger partial charge in [0.25, 0.3) is 6.54 Å². The molecule has 4 nitrogen and oxygen atoms in total. The lowest BCUT2D eigenvalue weighted by molar-refractivity contribution is -0.616. The van der Waals surface area contributed by atoms with Gasteiger partial charge >= 0.3 is 5.97 Å². The molecule has 0 fully saturated rings. The van der Waals surface area contributed by atoms with E-state index in [1.54, 1.807) is 0 Å². The molecule has 134 valence electrons. The molecule has 1 N–H and O–H groups in total. The number of hydrogen-bond donors (Lipinski definition) is 1. The summed E-state index contributed by atoms with van der Waals surface area (Å²) in [7, 11) is 0. The highest BCUT2D eigenvalue weighted by molar-refractivity contribution is 7.07. The van der Waals surface area contributed by atoms with Crippen molar-refractivity contribution in [3.63, 3.8) is 0 Å². The van der Waals surface area contributed by atoms with E-state index in [0.717, 1.165) is 16.1 Å². The number of aromatic nitrogens is 1. The number of nitrogens with zero attached hydrogens (tertiary/aromatic N) is 1. The number of carbonyl (C=O) groups is 1. The molecule has 26 heavy (non-hydrogen) atoms. The zero-order chi connectivity index (χ0) is 18.4. The van der Waals surface area contributed by atoms with Gasteiger partial charge in [0.15, 0.2) is 22.7 Å². The summed E-state index contributed by atoms with van der Waals surface area (Å²) >= 11 is 7.51. The first-order valence-corrected chi connectivity index (χ1v) is 9.54. The van der Waals surface area contributed by atoms with Crippen LogP contribution in [0.2, 0.25) is 5.02 Å². The normalized spacial score (nSPS) is 10.5. The largest absolute Gasteiger partial charge is 0.461 e. The van der Waals surface area contributed by atoms with Crippen LogP contribution in [0.4, 0.5) is 5.00 Å². The lowest BCUT2D eigenvalue weighted by atomic mass is 10.1. The number of halogens is 1. The Labute approximate surface area is 162 Å². The molecule has 0 aliphatic heterocycles. The molecular formula is C20H20ClN2O2S+. The van der Waals surface area contributed by atoms with Gasteiger partial charge in [0.1, 0.15) is 0 Å². The summed E-state index contributed by atoms with van der Waals surface area (Å²) < 4.78 is 6.94. The van der Waals surface area contributed by atoms with E-state index in [4.69, 9.17) is 16.3 Å². The molecule has 0 bridgehead atoms. The second kappa shape index (κ2) is 8.83. The predicted octanol–water partition coefficient (Wildman–Crippen LogP) is 4.53. The van der Waals surface area contributed by atoms with Crippen molar-refractivity contribution in [2.45, 2.75) is 20.0 Å². The van der Waals surface area contributed by atoms with E-state index in [9.17, 15) is 4.79 Å². The second-order valence-electron chi connectivity index (χ2n) is 5.69. The molecule has 0 atom stereocenters. The fourth-order valence-corrected chi connectivity index (χ4v) is 3.64. The number of ether oxygens (including phenoxy) is 1. The zero-order valence-electron chi connectivity index (χ0n) is 14.4. The standard InChI is InChI=1S/C20H19ClN2O2S/c1-2-25-19(24)14-23-13-18(16-8-10-17(21)11-9-16)20(26-23)22-12-15-6-4-3-5-7-15/h3-11,13H,2,12,14H2,1H3/p+1. The van der Waals surface area contributed by atoms with Gasteiger partial charge in [-0.05, 0) is 30.2 Å². The van der Waals surface area contributed by atoms with Crippen molar-refractivity contribution >= 4 is 34.1 Å². The highest BCUT2D eigenvalue weighted by Gasteiger charge is 2.21. The van der Waals surface area contributed by atoms with Crippen LogP contribution in [0.15, 0.2) is 60.8 Å². The van der Waals surface area contributed by atoms with E-state index >= 15 is 0 Å². The third kappa shape index (κ3) is 4.84. The highest BCUT2D eigenvalue weighted by atomic mass is 35.5. The maximum Gasteiger partial charge on any atom is 0.373 e. The van der Waals surface area contributed by atoms with Gasteiger partial charge in [0.2, 0.25) is 0 Å². The van der Waals surface area contributed by atoms with Crippen molar-refractivity contribution in [2.24, 2.45) is 0 Å². The van der Waals surface area contributed by atoms with Crippen LogP contribution in [0, 0.1) is 0 Å². The molecule has 0 radical (unpaired) electrons. The van der Waals surface area contributed by atoms with Crippen LogP contribution in [0.3, 0.4) is 0 Å². The molecule has 1 aromatic heterocycles. The molecule has 0 aliphatic carbocycles. The first-order valence-electron chi connectivity index (χ1n) is 8.39. The molecular weight excluding hydrogens is 368 g/mol. The minimum Gasteiger partial charge on any atom is -0.461 e. The number of hydrogen-bond acceptors (Lipinski definition) is 4. The first kappa shape index (κ1) is 18.4. The minimum atomic E-state index is -0.240. The molecule has 1 heterocycles. The molecule has 3 rings (SSSR count). The van der Waals surface area contributed by atoms with Crippen LogP contribution in [-0.4, -0.2) is 12.6 Å². The van der Waals surface area contributed by atoms with E-state index < -0.39 is 0 Å². The van der Waals surface area contributed by atoms with Gasteiger partial charge < -0.3 is 10.1 Å². The Kier molecular flexibility index (Phi) is 6.26. The smallest absolute Gasteiger partial charge is 0.373 e. The Morgan fingerprint density at radius 3 is 2.58 bits per heavy atom. The van der Waals surface area contributed by atoms with Crippen LogP contribution >= 0.6 is 23.1 Å². The number of esters is 1. The van der Waals surface area contributed by atoms with Gasteiger partial charge in [0, 0.05) is 11.6 Å². The average Bonchev–Trinajstić information content (AvgIpc) is 3.04. The molecule has 0 aliphatic rings. The van der Waals surface area contributed by atoms with Gasteiger partial charge in [-0.3, -0.25) is 0 Å². The van der Waals surface area contributed by atoms with Crippen molar-refractivity contribution in [3.05, 3.63) is 71.4 Å². The van der Waals surface area contributed by atoms with Crippen molar-refractivity contribution in [1.29, 1.82) is 0 Å². The van der Waals surface area contributed by atoms with Crippen molar-refractivity contribution in [2.75, 3.05) is 11.9 Å². The van der Waals surface area contributed by atoms with Crippen molar-refractivity contribution in [3.8, 4) is 11.1 Å². The molecule has 0 saturated carbocycles. The van der Waals surface area contributed by atoms with Crippen LogP contribution in [0.5, 0.6) is 0 Å². The van der Waals surface area contributed by atoms with E-state index in [1.807, 2.05) is 59.5 Å². The van der Waals surface area contributed by atoms with Gasteiger partial charge in [0.05, 0.1) is 12.2 Å². The number of nitrogens with one attached hydrogen (secondary N) is 1. The maximum atomic E-state index is 11.8. The Hall–Kier alpha value is -2.37. The lowest BCUT2D eigenvalue weighted by Crippen LogP contribution is -2.34. The van der Waals surface area contributed by atoms with Crippen molar-refractivity contribution in [1.82, 2.24) is 0 Å². The monoisotopic (exact) mass is 387 g/mol. The van der Waals surface area contributed by atoms with Gasteiger partial charge in [-0.25, -0.2) is 4.79 Å². The summed E-state index contributed by atoms with van der Waals surface area (Å²) in [6.07, 6.45) is 1.97. The van der Waals surface area contributed by atoms with Crippen LogP contribution in [0.25, 0.3) is 11.1 Å². The average molecular weight is 388 g/mol. The molecule has 6 heteroatoms. The van der Waals surface area contributed by atoms with Crippen LogP contribution in [0.1, 0.15) is 12.5 Å². The van der Waals surface area contributed by atoms with Crippen LogP contribution < -0.4 is 9.27 Å². The number of rotatable bonds is 7. The zero-order valence-corrected chi connectivity index (χ0v) is 16.0. The summed E-state index contributed by atoms with van der Waals surface area (Å²) in [6.45, 7) is 3.10. The molecule has 0 unspecified atom stereocenters. The van der Waals surface area contributed by atoms with Gasteiger partial charge in [-0.2, -0.15) is 0 Å². The SMILES string of the molecule is CCOC(=O)C[n+]1cc(-c2ccc(Cl)cc2)c(NCc2ccccc2)s1. The fraction of sp³-hybridized carbons (Fsp3) is 0.200. The second-order valence-corrected chi connectivity index (χ2v) is 7.19. The van der Waals surface area contributed by atoms with Crippen LogP contribution in [-0.2, 0) is 22.6 Å². The third-order valence-corrected chi connectivity index (χ3v) is 5.04. The van der Waals surface area contributed by atoms with E-state index in [2.05, 4.69) is 17.4 Å². The number of carbonyl (C=O) groups excluding carboxylic acids is 1. The predicted molar refractivity (Wildman–Crippen MR) is 105 cm³/mol. The topological polar surface area (TPSA) is 42.2 Å². The molecule has 0 spiro atoms. The maximum absolute atomic E-state index is 11.8. The third-order valence-electron chi connectivity index (χ3n) is 3.77. The van der Waals surface area contributed by atoms with Gasteiger partial charge in [-0.1, -0.05) is 54.1 Å². The Morgan fingerprint density at radius 1 is 1.15 bits per heavy atom. The van der Waals surface area contributed by atoms with E-state index in [0.29, 0.717) is 18.2 Å². The van der Waals surface area contributed by atoms with E-state index in [1.165, 1.54) is 17.1 Å². The molecule has 2 aromatic carbocycles. The lowest BCUT2D eigenvalue weighted by Gasteiger charge is -2.05. The Balaban J connectivity index is 1.85. The summed E-state index contributed by atoms with van der Waals surface area (Å²) in [5.74, 6) is -0.240. The van der Waals surface area contributed by atoms with E-state index in [-0.39, 0.29) is 12.5 Å².